The van der Waals surface area contributed by atoms with Gasteiger partial charge in [-0.15, -0.1) is 0 Å². The molecule has 0 aromatic carbocycles. The van der Waals surface area contributed by atoms with Crippen molar-refractivity contribution in [2.75, 3.05) is 64.4 Å². The molecule has 0 spiro atoms. The van der Waals surface area contributed by atoms with Gasteiger partial charge in [0.15, 0.2) is 0 Å². The van der Waals surface area contributed by atoms with Gasteiger partial charge in [0.25, 0.3) is 0 Å². The number of pyridine rings is 2. The third-order valence-corrected chi connectivity index (χ3v) is 8.15. The van der Waals surface area contributed by atoms with Crippen LogP contribution in [0.25, 0.3) is 16.6 Å². The van der Waals surface area contributed by atoms with Crippen molar-refractivity contribution in [1.82, 2.24) is 29.7 Å². The van der Waals surface area contributed by atoms with Crippen LogP contribution in [0.3, 0.4) is 0 Å². The number of hydrogen-bond acceptors (Lipinski definition) is 8. The first-order valence-electron chi connectivity index (χ1n) is 14.3. The lowest BCUT2D eigenvalue weighted by Crippen LogP contribution is -2.57. The highest BCUT2D eigenvalue weighted by molar-refractivity contribution is 5.85. The van der Waals surface area contributed by atoms with E-state index in [0.29, 0.717) is 17.9 Å². The molecule has 2 saturated heterocycles. The monoisotopic (exact) mass is 544 g/mol. The van der Waals surface area contributed by atoms with Gasteiger partial charge in [-0.1, -0.05) is 0 Å². The van der Waals surface area contributed by atoms with E-state index in [1.54, 1.807) is 16.9 Å². The SMILES string of the molecule is CCOc1cc(-c2ccc(N3CCC(CN4CCN(C)CC4)(C(=O)NC(C)C)CC3)nc2)c2c(C#N)cnn2c1. The Morgan fingerprint density at radius 3 is 2.52 bits per heavy atom. The Hall–Kier alpha value is -3.68. The van der Waals surface area contributed by atoms with Crippen LogP contribution in [0.2, 0.25) is 0 Å². The number of amides is 1. The molecule has 10 heteroatoms. The minimum absolute atomic E-state index is 0.120. The Morgan fingerprint density at radius 1 is 1.15 bits per heavy atom. The summed E-state index contributed by atoms with van der Waals surface area (Å²) in [7, 11) is 2.16. The van der Waals surface area contributed by atoms with E-state index in [9.17, 15) is 10.1 Å². The van der Waals surface area contributed by atoms with E-state index in [1.807, 2.05) is 45.2 Å². The Kier molecular flexibility index (Phi) is 8.24. The van der Waals surface area contributed by atoms with Gasteiger partial charge in [0.2, 0.25) is 5.91 Å². The second-order valence-electron chi connectivity index (χ2n) is 11.4. The van der Waals surface area contributed by atoms with E-state index in [0.717, 1.165) is 81.1 Å². The fourth-order valence-electron chi connectivity index (χ4n) is 5.85. The summed E-state index contributed by atoms with van der Waals surface area (Å²) in [6.45, 7) is 13.0. The zero-order valence-electron chi connectivity index (χ0n) is 24.1. The molecule has 0 atom stereocenters. The summed E-state index contributed by atoms with van der Waals surface area (Å²) >= 11 is 0. The van der Waals surface area contributed by atoms with Crippen molar-refractivity contribution in [3.63, 3.8) is 0 Å². The molecule has 1 N–H and O–H groups in total. The van der Waals surface area contributed by atoms with Crippen LogP contribution in [0.15, 0.2) is 36.8 Å². The first-order valence-corrected chi connectivity index (χ1v) is 14.3. The zero-order chi connectivity index (χ0) is 28.3. The number of carbonyl (C=O) groups excluding carboxylic acids is 1. The number of nitriles is 1. The number of carbonyl (C=O) groups is 1. The van der Waals surface area contributed by atoms with Gasteiger partial charge in [0, 0.05) is 69.2 Å². The van der Waals surface area contributed by atoms with E-state index in [4.69, 9.17) is 9.72 Å². The van der Waals surface area contributed by atoms with Crippen LogP contribution < -0.4 is 15.0 Å². The van der Waals surface area contributed by atoms with Crippen molar-refractivity contribution in [3.05, 3.63) is 42.4 Å². The Bertz CT molecular complexity index is 1360. The molecule has 212 valence electrons. The van der Waals surface area contributed by atoms with Crippen LogP contribution in [0.1, 0.15) is 39.2 Å². The topological polar surface area (TPSA) is 102 Å². The molecular formula is C30H40N8O2. The minimum Gasteiger partial charge on any atom is -0.492 e. The Morgan fingerprint density at radius 2 is 1.90 bits per heavy atom. The quantitative estimate of drug-likeness (QED) is 0.462. The number of nitrogens with one attached hydrogen (secondary N) is 1. The molecule has 2 aliphatic heterocycles. The number of aromatic nitrogens is 3. The molecule has 5 heterocycles. The van der Waals surface area contributed by atoms with Crippen molar-refractivity contribution in [1.29, 1.82) is 5.26 Å². The van der Waals surface area contributed by atoms with Gasteiger partial charge in [-0.25, -0.2) is 9.50 Å². The zero-order valence-corrected chi connectivity index (χ0v) is 24.1. The summed E-state index contributed by atoms with van der Waals surface area (Å²) < 4.78 is 7.44. The van der Waals surface area contributed by atoms with Gasteiger partial charge < -0.3 is 19.9 Å². The maximum atomic E-state index is 13.5. The smallest absolute Gasteiger partial charge is 0.227 e. The molecule has 0 unspecified atom stereocenters. The van der Waals surface area contributed by atoms with Gasteiger partial charge in [-0.2, -0.15) is 10.4 Å². The van der Waals surface area contributed by atoms with Gasteiger partial charge in [-0.3, -0.25) is 9.69 Å². The van der Waals surface area contributed by atoms with E-state index >= 15 is 0 Å². The number of rotatable bonds is 8. The minimum atomic E-state index is -0.391. The number of anilines is 1. The molecule has 0 saturated carbocycles. The van der Waals surface area contributed by atoms with Crippen molar-refractivity contribution in [3.8, 4) is 22.9 Å². The average Bonchev–Trinajstić information content (AvgIpc) is 3.37. The summed E-state index contributed by atoms with van der Waals surface area (Å²) in [4.78, 5) is 25.4. The van der Waals surface area contributed by atoms with Crippen molar-refractivity contribution in [2.24, 2.45) is 5.41 Å². The molecule has 3 aromatic heterocycles. The van der Waals surface area contributed by atoms with Gasteiger partial charge in [0.05, 0.1) is 35.5 Å². The van der Waals surface area contributed by atoms with E-state index in [1.165, 1.54) is 0 Å². The number of piperidine rings is 1. The molecular weight excluding hydrogens is 504 g/mol. The van der Waals surface area contributed by atoms with Gasteiger partial charge in [-0.05, 0) is 58.9 Å². The van der Waals surface area contributed by atoms with Gasteiger partial charge >= 0.3 is 0 Å². The summed E-state index contributed by atoms with van der Waals surface area (Å²) in [5.74, 6) is 1.76. The van der Waals surface area contributed by atoms with Crippen LogP contribution in [0.4, 0.5) is 5.82 Å². The van der Waals surface area contributed by atoms with Crippen molar-refractivity contribution < 1.29 is 9.53 Å². The van der Waals surface area contributed by atoms with Crippen LogP contribution >= 0.6 is 0 Å². The lowest BCUT2D eigenvalue weighted by Gasteiger charge is -2.45. The lowest BCUT2D eigenvalue weighted by molar-refractivity contribution is -0.134. The standard InChI is InChI=1S/C30H40N8O2/c1-5-40-25-16-26(28-24(17-31)19-33-38(28)20-25)23-6-7-27(32-18-23)37-10-8-30(9-11-37,29(39)34-22(2)3)21-36-14-12-35(4)13-15-36/h6-7,16,18-20,22H,5,8-15,21H2,1-4H3,(H,34,39). The van der Waals surface area contributed by atoms with Crippen LogP contribution in [-0.4, -0.2) is 95.8 Å². The number of ether oxygens (including phenoxy) is 1. The number of hydrogen-bond donors (Lipinski definition) is 1. The average molecular weight is 545 g/mol. The maximum absolute atomic E-state index is 13.5. The molecule has 0 aliphatic carbocycles. The molecule has 10 nitrogen and oxygen atoms in total. The first kappa shape index (κ1) is 27.9. The van der Waals surface area contributed by atoms with Crippen LogP contribution in [-0.2, 0) is 4.79 Å². The van der Waals surface area contributed by atoms with E-state index in [2.05, 4.69) is 38.2 Å². The first-order chi connectivity index (χ1) is 19.3. The molecule has 0 radical (unpaired) electrons. The molecule has 5 rings (SSSR count). The molecule has 1 amide bonds. The number of fused-ring (bicyclic) bond motifs is 1. The highest BCUT2D eigenvalue weighted by Crippen LogP contribution is 2.36. The summed E-state index contributed by atoms with van der Waals surface area (Å²) in [5, 5.41) is 17.2. The largest absolute Gasteiger partial charge is 0.492 e. The molecule has 3 aromatic rings. The third-order valence-electron chi connectivity index (χ3n) is 8.15. The highest BCUT2D eigenvalue weighted by Gasteiger charge is 2.43. The Balaban J connectivity index is 1.34. The van der Waals surface area contributed by atoms with E-state index < -0.39 is 5.41 Å². The Labute approximate surface area is 236 Å². The van der Waals surface area contributed by atoms with Crippen molar-refractivity contribution in [2.45, 2.75) is 39.7 Å². The predicted octanol–water partition coefficient (Wildman–Crippen LogP) is 3.03. The normalized spacial score (nSPS) is 18.1. The van der Waals surface area contributed by atoms with E-state index in [-0.39, 0.29) is 11.9 Å². The number of piperazine rings is 1. The third kappa shape index (κ3) is 5.76. The van der Waals surface area contributed by atoms with Gasteiger partial charge in [0.1, 0.15) is 17.6 Å². The fraction of sp³-hybridized carbons (Fsp3) is 0.533. The second kappa shape index (κ2) is 11.8. The molecule has 2 fully saturated rings. The maximum Gasteiger partial charge on any atom is 0.227 e. The lowest BCUT2D eigenvalue weighted by atomic mass is 9.76. The van der Waals surface area contributed by atoms with Crippen LogP contribution in [0.5, 0.6) is 5.75 Å². The second-order valence-corrected chi connectivity index (χ2v) is 11.4. The number of nitrogens with zero attached hydrogens (tertiary/aromatic N) is 7. The number of likely N-dealkylation sites (N-methyl/N-ethyl adjacent to an activating group) is 1. The summed E-state index contributed by atoms with van der Waals surface area (Å²) in [6, 6.07) is 8.38. The highest BCUT2D eigenvalue weighted by atomic mass is 16.5. The molecule has 0 bridgehead atoms. The fourth-order valence-corrected chi connectivity index (χ4v) is 5.85. The van der Waals surface area contributed by atoms with Crippen molar-refractivity contribution >= 4 is 17.2 Å². The molecule has 40 heavy (non-hydrogen) atoms. The van der Waals surface area contributed by atoms with Crippen LogP contribution in [0, 0.1) is 16.7 Å². The summed E-state index contributed by atoms with van der Waals surface area (Å²) in [6.07, 6.45) is 6.81. The molecule has 2 aliphatic rings. The summed E-state index contributed by atoms with van der Waals surface area (Å²) in [5.41, 5.74) is 2.61. The predicted molar refractivity (Wildman–Crippen MR) is 155 cm³/mol.